The zero-order chi connectivity index (χ0) is 17.8. The number of ether oxygens (including phenoxy) is 1. The van der Waals surface area contributed by atoms with Gasteiger partial charge in [0.2, 0.25) is 0 Å². The number of nitrogens with zero attached hydrogens (tertiary/aromatic N) is 1. The second kappa shape index (κ2) is 7.80. The molecular weight excluding hydrogens is 345 g/mol. The number of nitrogens with one attached hydrogen (secondary N) is 1. The smallest absolute Gasteiger partial charge is 0.267 e. The summed E-state index contributed by atoms with van der Waals surface area (Å²) in [5.41, 5.74) is 6.76. The van der Waals surface area contributed by atoms with Crippen LogP contribution in [0.25, 0.3) is 11.1 Å². The summed E-state index contributed by atoms with van der Waals surface area (Å²) in [4.78, 5) is 15.2. The van der Waals surface area contributed by atoms with Gasteiger partial charge in [-0.1, -0.05) is 11.6 Å². The number of amides is 1. The highest BCUT2D eigenvalue weighted by Crippen LogP contribution is 2.32. The second-order valence-electron chi connectivity index (χ2n) is 6.04. The third kappa shape index (κ3) is 4.27. The van der Waals surface area contributed by atoms with Crippen LogP contribution in [0.5, 0.6) is 0 Å². The van der Waals surface area contributed by atoms with E-state index in [0.29, 0.717) is 17.0 Å². The van der Waals surface area contributed by atoms with Crippen molar-refractivity contribution < 1.29 is 13.9 Å². The number of pyridine rings is 1. The minimum atomic E-state index is -0.688. The minimum absolute atomic E-state index is 0.0411. The van der Waals surface area contributed by atoms with Crippen molar-refractivity contribution in [1.29, 1.82) is 0 Å². The summed E-state index contributed by atoms with van der Waals surface area (Å²) in [6.07, 6.45) is 3.33. The van der Waals surface area contributed by atoms with Gasteiger partial charge in [-0.2, -0.15) is 0 Å². The van der Waals surface area contributed by atoms with Crippen LogP contribution in [0.3, 0.4) is 0 Å². The minimum Gasteiger partial charge on any atom is -0.385 e. The molecule has 1 saturated heterocycles. The molecule has 25 heavy (non-hydrogen) atoms. The highest BCUT2D eigenvalue weighted by molar-refractivity contribution is 6.33. The van der Waals surface area contributed by atoms with E-state index in [1.54, 1.807) is 12.1 Å². The molecule has 0 radical (unpaired) electrons. The molecule has 1 aromatic heterocycles. The Kier molecular flexibility index (Phi) is 5.50. The topological polar surface area (TPSA) is 77.2 Å². The average molecular weight is 364 g/mol. The lowest BCUT2D eigenvalue weighted by atomic mass is 10.00. The molecule has 1 aliphatic heterocycles. The molecule has 3 rings (SSSR count). The van der Waals surface area contributed by atoms with E-state index < -0.39 is 11.7 Å². The van der Waals surface area contributed by atoms with Crippen LogP contribution in [0.15, 0.2) is 30.5 Å². The van der Waals surface area contributed by atoms with Gasteiger partial charge >= 0.3 is 0 Å². The molecule has 0 atom stereocenters. The van der Waals surface area contributed by atoms with Crippen molar-refractivity contribution >= 4 is 23.2 Å². The molecule has 1 amide bonds. The summed E-state index contributed by atoms with van der Waals surface area (Å²) >= 11 is 6.14. The van der Waals surface area contributed by atoms with E-state index in [0.717, 1.165) is 38.3 Å². The van der Waals surface area contributed by atoms with Gasteiger partial charge in [0, 0.05) is 42.8 Å². The molecule has 3 N–H and O–H groups in total. The van der Waals surface area contributed by atoms with E-state index >= 15 is 0 Å². The Labute approximate surface area is 150 Å². The number of anilines is 1. The molecule has 2 heterocycles. The number of nitrogens with two attached hydrogens (primary N) is 1. The predicted octanol–water partition coefficient (Wildman–Crippen LogP) is 3.48. The second-order valence-corrected chi connectivity index (χ2v) is 6.45. The number of carbonyl (C=O) groups is 1. The molecule has 0 saturated carbocycles. The summed E-state index contributed by atoms with van der Waals surface area (Å²) < 4.78 is 19.7. The molecule has 2 aromatic rings. The zero-order valence-electron chi connectivity index (χ0n) is 13.6. The van der Waals surface area contributed by atoms with Crippen LogP contribution < -0.4 is 11.1 Å². The first-order chi connectivity index (χ1) is 12.0. The fourth-order valence-electron chi connectivity index (χ4n) is 2.83. The van der Waals surface area contributed by atoms with E-state index in [4.69, 9.17) is 22.1 Å². The number of hydrogen-bond acceptors (Lipinski definition) is 4. The molecule has 1 fully saturated rings. The average Bonchev–Trinajstić information content (AvgIpc) is 2.62. The summed E-state index contributed by atoms with van der Waals surface area (Å²) in [5, 5.41) is 3.59. The van der Waals surface area contributed by atoms with Gasteiger partial charge < -0.3 is 15.8 Å². The van der Waals surface area contributed by atoms with E-state index in [1.807, 2.05) is 0 Å². The Bertz CT molecular complexity index is 779. The Balaban J connectivity index is 1.84. The van der Waals surface area contributed by atoms with Gasteiger partial charge in [0.1, 0.15) is 11.5 Å². The molecule has 7 heteroatoms. The normalized spacial score (nSPS) is 15.1. The third-order valence-electron chi connectivity index (χ3n) is 4.30. The first kappa shape index (κ1) is 17.6. The lowest BCUT2D eigenvalue weighted by molar-refractivity contribution is 0.0699. The van der Waals surface area contributed by atoms with Crippen LogP contribution in [0.2, 0.25) is 5.02 Å². The van der Waals surface area contributed by atoms with Gasteiger partial charge in [0.05, 0.1) is 5.02 Å². The molecular formula is C18H19ClFN3O2. The maximum Gasteiger partial charge on any atom is 0.267 e. The number of benzene rings is 1. The number of aromatic nitrogens is 1. The van der Waals surface area contributed by atoms with Crippen LogP contribution in [-0.2, 0) is 4.74 Å². The lowest BCUT2D eigenvalue weighted by Gasteiger charge is -2.22. The zero-order valence-corrected chi connectivity index (χ0v) is 14.4. The Morgan fingerprint density at radius 2 is 2.08 bits per heavy atom. The van der Waals surface area contributed by atoms with E-state index in [9.17, 15) is 9.18 Å². The molecule has 1 aromatic carbocycles. The molecule has 0 unspecified atom stereocenters. The molecule has 132 valence electrons. The van der Waals surface area contributed by atoms with Crippen molar-refractivity contribution in [3.8, 4) is 11.1 Å². The molecule has 0 aliphatic carbocycles. The summed E-state index contributed by atoms with van der Waals surface area (Å²) in [6, 6.07) is 6.15. The highest BCUT2D eigenvalue weighted by atomic mass is 35.5. The van der Waals surface area contributed by atoms with Crippen molar-refractivity contribution in [2.75, 3.05) is 25.1 Å². The van der Waals surface area contributed by atoms with Crippen molar-refractivity contribution in [1.82, 2.24) is 4.98 Å². The first-order valence-corrected chi connectivity index (χ1v) is 8.49. The van der Waals surface area contributed by atoms with Crippen LogP contribution in [-0.4, -0.2) is 30.6 Å². The largest absolute Gasteiger partial charge is 0.385 e. The van der Waals surface area contributed by atoms with E-state index in [2.05, 4.69) is 10.3 Å². The quantitative estimate of drug-likeness (QED) is 0.852. The van der Waals surface area contributed by atoms with E-state index in [-0.39, 0.29) is 10.7 Å². The Morgan fingerprint density at radius 1 is 1.32 bits per heavy atom. The predicted molar refractivity (Wildman–Crippen MR) is 95.2 cm³/mol. The summed E-state index contributed by atoms with van der Waals surface area (Å²) in [7, 11) is 0. The number of primary amides is 1. The highest BCUT2D eigenvalue weighted by Gasteiger charge is 2.16. The summed E-state index contributed by atoms with van der Waals surface area (Å²) in [6.45, 7) is 2.36. The van der Waals surface area contributed by atoms with E-state index in [1.165, 1.54) is 18.3 Å². The van der Waals surface area contributed by atoms with Crippen LogP contribution in [0, 0.1) is 11.7 Å². The Morgan fingerprint density at radius 3 is 2.80 bits per heavy atom. The van der Waals surface area contributed by atoms with Crippen LogP contribution in [0.1, 0.15) is 23.3 Å². The van der Waals surface area contributed by atoms with Gasteiger partial charge in [-0.3, -0.25) is 4.79 Å². The Hall–Kier alpha value is -2.18. The fraction of sp³-hybridized carbons (Fsp3) is 0.333. The molecule has 5 nitrogen and oxygen atoms in total. The maximum atomic E-state index is 14.3. The van der Waals surface area contributed by atoms with Gasteiger partial charge in [-0.15, -0.1) is 0 Å². The molecule has 1 aliphatic rings. The van der Waals surface area contributed by atoms with Crippen LogP contribution >= 0.6 is 11.6 Å². The summed E-state index contributed by atoms with van der Waals surface area (Å²) in [5.74, 6) is -0.583. The SMILES string of the molecule is NC(=O)c1cc(-c2cc(NCC3CCOCC3)ccc2F)c(Cl)cn1. The van der Waals surface area contributed by atoms with Gasteiger partial charge in [0.15, 0.2) is 0 Å². The van der Waals surface area contributed by atoms with Crippen molar-refractivity contribution in [2.45, 2.75) is 12.8 Å². The van der Waals surface area contributed by atoms with Gasteiger partial charge in [-0.25, -0.2) is 9.37 Å². The standard InChI is InChI=1S/C18H19ClFN3O2/c19-15-10-23-17(18(21)24)8-13(15)14-7-12(1-2-16(14)20)22-9-11-3-5-25-6-4-11/h1-2,7-8,10-11,22H,3-6,9H2,(H2,21,24). The van der Waals surface area contributed by atoms with Crippen LogP contribution in [0.4, 0.5) is 10.1 Å². The number of rotatable bonds is 5. The van der Waals surface area contributed by atoms with Crippen molar-refractivity contribution in [3.63, 3.8) is 0 Å². The third-order valence-corrected chi connectivity index (χ3v) is 4.60. The number of halogens is 2. The fourth-order valence-corrected chi connectivity index (χ4v) is 3.04. The molecule has 0 spiro atoms. The number of hydrogen-bond donors (Lipinski definition) is 2. The van der Waals surface area contributed by atoms with Crippen molar-refractivity contribution in [3.05, 3.63) is 47.0 Å². The maximum absolute atomic E-state index is 14.3. The van der Waals surface area contributed by atoms with Gasteiger partial charge in [0.25, 0.3) is 5.91 Å². The molecule has 0 bridgehead atoms. The first-order valence-electron chi connectivity index (χ1n) is 8.11. The lowest BCUT2D eigenvalue weighted by Crippen LogP contribution is -2.22. The van der Waals surface area contributed by atoms with Gasteiger partial charge in [-0.05, 0) is 43.0 Å². The number of carbonyl (C=O) groups excluding carboxylic acids is 1. The van der Waals surface area contributed by atoms with Crippen molar-refractivity contribution in [2.24, 2.45) is 11.7 Å². The monoisotopic (exact) mass is 363 g/mol.